The summed E-state index contributed by atoms with van der Waals surface area (Å²) in [7, 11) is 0. The van der Waals surface area contributed by atoms with Crippen molar-refractivity contribution >= 4 is 11.9 Å². The van der Waals surface area contributed by atoms with Crippen LogP contribution < -0.4 is 10.2 Å². The Kier molecular flexibility index (Phi) is 4.60. The first-order valence-electron chi connectivity index (χ1n) is 8.75. The molecule has 3 aromatic rings. The lowest BCUT2D eigenvalue weighted by Crippen LogP contribution is -2.32. The van der Waals surface area contributed by atoms with Crippen LogP contribution in [0.2, 0.25) is 0 Å². The fourth-order valence-electron chi connectivity index (χ4n) is 3.15. The van der Waals surface area contributed by atoms with Crippen LogP contribution in [0.3, 0.4) is 0 Å². The standard InChI is InChI=1S/C21H20N4O/c26-20(22-12-16-6-2-1-3-7-16)19-13-23-21(24-14-19)25-11-10-17-8-4-5-9-18(17)15-25/h1-9,13-14H,10-12,15H2,(H,22,26). The molecule has 0 aliphatic carbocycles. The Morgan fingerprint density at radius 3 is 2.42 bits per heavy atom. The molecule has 0 saturated heterocycles. The van der Waals surface area contributed by atoms with Crippen LogP contribution in [-0.2, 0) is 19.5 Å². The average Bonchev–Trinajstić information content (AvgIpc) is 2.72. The third-order valence-corrected chi connectivity index (χ3v) is 4.61. The number of amides is 1. The molecule has 0 spiro atoms. The van der Waals surface area contributed by atoms with E-state index >= 15 is 0 Å². The van der Waals surface area contributed by atoms with Crippen molar-refractivity contribution in [2.75, 3.05) is 11.4 Å². The molecule has 2 aromatic carbocycles. The van der Waals surface area contributed by atoms with E-state index in [9.17, 15) is 4.79 Å². The number of carbonyl (C=O) groups excluding carboxylic acids is 1. The maximum atomic E-state index is 12.3. The lowest BCUT2D eigenvalue weighted by atomic mass is 10.0. The van der Waals surface area contributed by atoms with E-state index in [2.05, 4.69) is 44.5 Å². The van der Waals surface area contributed by atoms with Gasteiger partial charge in [0.05, 0.1) is 5.56 Å². The minimum absolute atomic E-state index is 0.163. The highest BCUT2D eigenvalue weighted by Crippen LogP contribution is 2.21. The maximum absolute atomic E-state index is 12.3. The van der Waals surface area contributed by atoms with Crippen LogP contribution >= 0.6 is 0 Å². The second-order valence-electron chi connectivity index (χ2n) is 6.38. The van der Waals surface area contributed by atoms with Crippen molar-refractivity contribution in [2.45, 2.75) is 19.5 Å². The molecule has 4 rings (SSSR count). The van der Waals surface area contributed by atoms with Gasteiger partial charge in [-0.15, -0.1) is 0 Å². The first kappa shape index (κ1) is 16.3. The average molecular weight is 344 g/mol. The summed E-state index contributed by atoms with van der Waals surface area (Å²) in [5, 5.41) is 2.89. The van der Waals surface area contributed by atoms with Gasteiger partial charge in [0.2, 0.25) is 5.95 Å². The molecule has 1 aromatic heterocycles. The third kappa shape index (κ3) is 3.57. The van der Waals surface area contributed by atoms with Crippen molar-refractivity contribution in [2.24, 2.45) is 0 Å². The molecule has 0 fully saturated rings. The number of nitrogens with one attached hydrogen (secondary N) is 1. The minimum Gasteiger partial charge on any atom is -0.348 e. The highest BCUT2D eigenvalue weighted by atomic mass is 16.1. The summed E-state index contributed by atoms with van der Waals surface area (Å²) < 4.78 is 0. The quantitative estimate of drug-likeness (QED) is 0.790. The molecule has 26 heavy (non-hydrogen) atoms. The summed E-state index contributed by atoms with van der Waals surface area (Å²) in [4.78, 5) is 23.2. The van der Waals surface area contributed by atoms with Crippen molar-refractivity contribution in [1.82, 2.24) is 15.3 Å². The van der Waals surface area contributed by atoms with E-state index in [1.807, 2.05) is 30.3 Å². The smallest absolute Gasteiger partial charge is 0.254 e. The van der Waals surface area contributed by atoms with Gasteiger partial charge in [0, 0.05) is 32.0 Å². The summed E-state index contributed by atoms with van der Waals surface area (Å²) in [6, 6.07) is 18.3. The highest BCUT2D eigenvalue weighted by molar-refractivity contribution is 5.93. The fraction of sp³-hybridized carbons (Fsp3) is 0.190. The highest BCUT2D eigenvalue weighted by Gasteiger charge is 2.18. The normalized spacial score (nSPS) is 13.2. The molecular formula is C21H20N4O. The number of nitrogens with zero attached hydrogens (tertiary/aromatic N) is 3. The first-order valence-corrected chi connectivity index (χ1v) is 8.75. The Balaban J connectivity index is 1.40. The molecule has 1 amide bonds. The van der Waals surface area contributed by atoms with Crippen LogP contribution in [0.25, 0.3) is 0 Å². The number of fused-ring (bicyclic) bond motifs is 1. The predicted molar refractivity (Wildman–Crippen MR) is 101 cm³/mol. The Morgan fingerprint density at radius 2 is 1.65 bits per heavy atom. The van der Waals surface area contributed by atoms with Crippen LogP contribution in [0.1, 0.15) is 27.0 Å². The largest absolute Gasteiger partial charge is 0.348 e. The van der Waals surface area contributed by atoms with Crippen LogP contribution in [-0.4, -0.2) is 22.4 Å². The summed E-state index contributed by atoms with van der Waals surface area (Å²) in [6.07, 6.45) is 4.19. The maximum Gasteiger partial charge on any atom is 0.254 e. The molecule has 5 nitrogen and oxygen atoms in total. The number of hydrogen-bond donors (Lipinski definition) is 1. The zero-order valence-corrected chi connectivity index (χ0v) is 14.4. The molecule has 0 atom stereocenters. The van der Waals surface area contributed by atoms with E-state index in [1.54, 1.807) is 12.4 Å². The van der Waals surface area contributed by atoms with E-state index in [0.29, 0.717) is 18.1 Å². The van der Waals surface area contributed by atoms with Gasteiger partial charge in [-0.1, -0.05) is 54.6 Å². The van der Waals surface area contributed by atoms with Crippen molar-refractivity contribution in [3.63, 3.8) is 0 Å². The van der Waals surface area contributed by atoms with E-state index in [0.717, 1.165) is 25.1 Å². The molecule has 0 unspecified atom stereocenters. The zero-order chi connectivity index (χ0) is 17.8. The number of benzene rings is 2. The van der Waals surface area contributed by atoms with Gasteiger partial charge in [-0.25, -0.2) is 9.97 Å². The van der Waals surface area contributed by atoms with Crippen LogP contribution in [0.4, 0.5) is 5.95 Å². The summed E-state index contributed by atoms with van der Waals surface area (Å²) in [6.45, 7) is 2.18. The fourth-order valence-corrected chi connectivity index (χ4v) is 3.15. The molecule has 1 N–H and O–H groups in total. The molecular weight excluding hydrogens is 324 g/mol. The van der Waals surface area contributed by atoms with E-state index in [-0.39, 0.29) is 5.91 Å². The number of aromatic nitrogens is 2. The Morgan fingerprint density at radius 1 is 0.962 bits per heavy atom. The Hall–Kier alpha value is -3.21. The van der Waals surface area contributed by atoms with Crippen LogP contribution in [0.15, 0.2) is 67.0 Å². The monoisotopic (exact) mass is 344 g/mol. The van der Waals surface area contributed by atoms with E-state index in [1.165, 1.54) is 11.1 Å². The summed E-state index contributed by atoms with van der Waals surface area (Å²) >= 11 is 0. The van der Waals surface area contributed by atoms with E-state index in [4.69, 9.17) is 0 Å². The van der Waals surface area contributed by atoms with Gasteiger partial charge >= 0.3 is 0 Å². The summed E-state index contributed by atoms with van der Waals surface area (Å²) in [5.41, 5.74) is 4.24. The van der Waals surface area contributed by atoms with Crippen molar-refractivity contribution in [3.05, 3.63) is 89.2 Å². The molecule has 1 aliphatic heterocycles. The van der Waals surface area contributed by atoms with Gasteiger partial charge < -0.3 is 10.2 Å². The summed E-state index contributed by atoms with van der Waals surface area (Å²) in [5.74, 6) is 0.503. The van der Waals surface area contributed by atoms with Gasteiger partial charge in [-0.2, -0.15) is 0 Å². The topological polar surface area (TPSA) is 58.1 Å². The SMILES string of the molecule is O=C(NCc1ccccc1)c1cnc(N2CCc3ccccc3C2)nc1. The molecule has 5 heteroatoms. The Bertz CT molecular complexity index is 893. The predicted octanol–water partition coefficient (Wildman–Crippen LogP) is 2.97. The molecule has 0 radical (unpaired) electrons. The van der Waals surface area contributed by atoms with Gasteiger partial charge in [0.15, 0.2) is 0 Å². The first-order chi connectivity index (χ1) is 12.8. The Labute approximate surface area is 152 Å². The lowest BCUT2D eigenvalue weighted by Gasteiger charge is -2.28. The molecule has 0 bridgehead atoms. The van der Waals surface area contributed by atoms with Gasteiger partial charge in [0.1, 0.15) is 0 Å². The number of carbonyl (C=O) groups is 1. The molecule has 1 aliphatic rings. The number of hydrogen-bond acceptors (Lipinski definition) is 4. The number of rotatable bonds is 4. The molecule has 0 saturated carbocycles. The molecule has 130 valence electrons. The second kappa shape index (κ2) is 7.35. The lowest BCUT2D eigenvalue weighted by molar-refractivity contribution is 0.0950. The zero-order valence-electron chi connectivity index (χ0n) is 14.4. The minimum atomic E-state index is -0.163. The van der Waals surface area contributed by atoms with Gasteiger partial charge in [-0.3, -0.25) is 4.79 Å². The van der Waals surface area contributed by atoms with Crippen molar-refractivity contribution in [1.29, 1.82) is 0 Å². The van der Waals surface area contributed by atoms with Crippen molar-refractivity contribution < 1.29 is 4.79 Å². The van der Waals surface area contributed by atoms with Crippen molar-refractivity contribution in [3.8, 4) is 0 Å². The molecule has 2 heterocycles. The second-order valence-corrected chi connectivity index (χ2v) is 6.38. The van der Waals surface area contributed by atoms with E-state index < -0.39 is 0 Å². The van der Waals surface area contributed by atoms with Gasteiger partial charge in [-0.05, 0) is 23.1 Å². The van der Waals surface area contributed by atoms with Crippen LogP contribution in [0.5, 0.6) is 0 Å². The number of anilines is 1. The van der Waals surface area contributed by atoms with Gasteiger partial charge in [0.25, 0.3) is 5.91 Å². The van der Waals surface area contributed by atoms with Crippen LogP contribution in [0, 0.1) is 0 Å². The third-order valence-electron chi connectivity index (χ3n) is 4.61.